The SMILES string of the molecule is COc1ccc(CCNC(=O)c2ccoc2C)cc1OC. The lowest BCUT2D eigenvalue weighted by atomic mass is 10.1. The van der Waals surface area contributed by atoms with Gasteiger partial charge in [-0.1, -0.05) is 6.07 Å². The molecule has 0 fully saturated rings. The van der Waals surface area contributed by atoms with Crippen LogP contribution in [-0.2, 0) is 6.42 Å². The number of ether oxygens (including phenoxy) is 2. The fraction of sp³-hybridized carbons (Fsp3) is 0.312. The minimum atomic E-state index is -0.123. The predicted molar refractivity (Wildman–Crippen MR) is 79.0 cm³/mol. The lowest BCUT2D eigenvalue weighted by Crippen LogP contribution is -2.25. The minimum absolute atomic E-state index is 0.123. The van der Waals surface area contributed by atoms with Crippen LogP contribution in [0.3, 0.4) is 0 Å². The Labute approximate surface area is 123 Å². The summed E-state index contributed by atoms with van der Waals surface area (Å²) in [6.07, 6.45) is 2.22. The largest absolute Gasteiger partial charge is 0.493 e. The van der Waals surface area contributed by atoms with Crippen molar-refractivity contribution in [2.24, 2.45) is 0 Å². The molecule has 0 unspecified atom stereocenters. The highest BCUT2D eigenvalue weighted by Gasteiger charge is 2.10. The summed E-state index contributed by atoms with van der Waals surface area (Å²) in [5.41, 5.74) is 1.64. The number of carbonyl (C=O) groups excluding carboxylic acids is 1. The van der Waals surface area contributed by atoms with Gasteiger partial charge in [-0.15, -0.1) is 0 Å². The second-order valence-electron chi connectivity index (χ2n) is 4.59. The molecule has 0 atom stereocenters. The standard InChI is InChI=1S/C16H19NO4/c1-11-13(7-9-21-11)16(18)17-8-6-12-4-5-14(19-2)15(10-12)20-3/h4-5,7,9-10H,6,8H2,1-3H3,(H,17,18). The molecule has 0 aliphatic rings. The number of aryl methyl sites for hydroxylation is 1. The molecule has 2 aromatic rings. The maximum absolute atomic E-state index is 11.9. The van der Waals surface area contributed by atoms with Gasteiger partial charge in [-0.25, -0.2) is 0 Å². The van der Waals surface area contributed by atoms with E-state index in [0.29, 0.717) is 35.8 Å². The van der Waals surface area contributed by atoms with Crippen LogP contribution in [0.4, 0.5) is 0 Å². The number of amides is 1. The molecule has 112 valence electrons. The van der Waals surface area contributed by atoms with E-state index in [9.17, 15) is 4.79 Å². The first-order valence-electron chi connectivity index (χ1n) is 6.69. The van der Waals surface area contributed by atoms with Gasteiger partial charge in [-0.3, -0.25) is 4.79 Å². The quantitative estimate of drug-likeness (QED) is 0.888. The van der Waals surface area contributed by atoms with Crippen LogP contribution in [0.2, 0.25) is 0 Å². The predicted octanol–water partition coefficient (Wildman–Crippen LogP) is 2.58. The highest BCUT2D eigenvalue weighted by atomic mass is 16.5. The summed E-state index contributed by atoms with van der Waals surface area (Å²) in [6, 6.07) is 7.39. The van der Waals surface area contributed by atoms with E-state index in [1.165, 1.54) is 6.26 Å². The zero-order valence-corrected chi connectivity index (χ0v) is 12.4. The average Bonchev–Trinajstić information content (AvgIpc) is 2.93. The van der Waals surface area contributed by atoms with Gasteiger partial charge < -0.3 is 19.2 Å². The molecule has 0 spiro atoms. The average molecular weight is 289 g/mol. The second kappa shape index (κ2) is 6.83. The van der Waals surface area contributed by atoms with Gasteiger partial charge in [0.25, 0.3) is 5.91 Å². The molecule has 1 aromatic carbocycles. The smallest absolute Gasteiger partial charge is 0.254 e. The van der Waals surface area contributed by atoms with Crippen molar-refractivity contribution < 1.29 is 18.7 Å². The minimum Gasteiger partial charge on any atom is -0.493 e. The Bertz CT molecular complexity index is 618. The molecule has 21 heavy (non-hydrogen) atoms. The lowest BCUT2D eigenvalue weighted by Gasteiger charge is -2.10. The first kappa shape index (κ1) is 15.0. The Morgan fingerprint density at radius 2 is 1.95 bits per heavy atom. The molecular formula is C16H19NO4. The van der Waals surface area contributed by atoms with Crippen molar-refractivity contribution in [1.29, 1.82) is 0 Å². The Hall–Kier alpha value is -2.43. The van der Waals surface area contributed by atoms with Crippen LogP contribution in [0.25, 0.3) is 0 Å². The molecule has 1 aromatic heterocycles. The molecule has 2 rings (SSSR count). The highest BCUT2D eigenvalue weighted by Crippen LogP contribution is 2.27. The molecule has 0 aliphatic carbocycles. The van der Waals surface area contributed by atoms with Crippen LogP contribution >= 0.6 is 0 Å². The van der Waals surface area contributed by atoms with E-state index in [0.717, 1.165) is 5.56 Å². The third-order valence-corrected chi connectivity index (χ3v) is 3.25. The number of carbonyl (C=O) groups is 1. The van der Waals surface area contributed by atoms with E-state index in [1.54, 1.807) is 27.2 Å². The number of rotatable bonds is 6. The first-order chi connectivity index (χ1) is 10.2. The van der Waals surface area contributed by atoms with E-state index < -0.39 is 0 Å². The summed E-state index contributed by atoms with van der Waals surface area (Å²) < 4.78 is 15.6. The van der Waals surface area contributed by atoms with Crippen molar-refractivity contribution in [2.45, 2.75) is 13.3 Å². The summed E-state index contributed by atoms with van der Waals surface area (Å²) in [5, 5.41) is 2.87. The van der Waals surface area contributed by atoms with Crippen LogP contribution in [0.1, 0.15) is 21.7 Å². The number of nitrogens with one attached hydrogen (secondary N) is 1. The van der Waals surface area contributed by atoms with Crippen molar-refractivity contribution in [2.75, 3.05) is 20.8 Å². The Morgan fingerprint density at radius 3 is 2.57 bits per heavy atom. The molecule has 0 saturated carbocycles. The Morgan fingerprint density at radius 1 is 1.19 bits per heavy atom. The van der Waals surface area contributed by atoms with Crippen molar-refractivity contribution in [3.63, 3.8) is 0 Å². The summed E-state index contributed by atoms with van der Waals surface area (Å²) in [4.78, 5) is 11.9. The number of methoxy groups -OCH3 is 2. The number of benzene rings is 1. The van der Waals surface area contributed by atoms with Crippen molar-refractivity contribution in [3.8, 4) is 11.5 Å². The molecule has 0 radical (unpaired) electrons. The third kappa shape index (κ3) is 3.56. The monoisotopic (exact) mass is 289 g/mol. The van der Waals surface area contributed by atoms with Gasteiger partial charge in [0.05, 0.1) is 26.0 Å². The van der Waals surface area contributed by atoms with Crippen LogP contribution in [0, 0.1) is 6.92 Å². The summed E-state index contributed by atoms with van der Waals surface area (Å²) in [6.45, 7) is 2.31. The van der Waals surface area contributed by atoms with Gasteiger partial charge in [-0.2, -0.15) is 0 Å². The van der Waals surface area contributed by atoms with Crippen LogP contribution in [0.5, 0.6) is 11.5 Å². The highest BCUT2D eigenvalue weighted by molar-refractivity contribution is 5.95. The van der Waals surface area contributed by atoms with Crippen molar-refractivity contribution in [3.05, 3.63) is 47.4 Å². The van der Waals surface area contributed by atoms with E-state index in [2.05, 4.69) is 5.32 Å². The van der Waals surface area contributed by atoms with Gasteiger partial charge in [0.2, 0.25) is 0 Å². The number of furan rings is 1. The molecule has 0 saturated heterocycles. The number of hydrogen-bond acceptors (Lipinski definition) is 4. The second-order valence-corrected chi connectivity index (χ2v) is 4.59. The summed E-state index contributed by atoms with van der Waals surface area (Å²) >= 11 is 0. The maximum atomic E-state index is 11.9. The maximum Gasteiger partial charge on any atom is 0.254 e. The molecule has 5 nitrogen and oxygen atoms in total. The van der Waals surface area contributed by atoms with Crippen LogP contribution in [-0.4, -0.2) is 26.7 Å². The van der Waals surface area contributed by atoms with Crippen molar-refractivity contribution in [1.82, 2.24) is 5.32 Å². The zero-order chi connectivity index (χ0) is 15.2. The van der Waals surface area contributed by atoms with Crippen LogP contribution < -0.4 is 14.8 Å². The molecular weight excluding hydrogens is 270 g/mol. The summed E-state index contributed by atoms with van der Waals surface area (Å²) in [7, 11) is 3.20. The van der Waals surface area contributed by atoms with E-state index in [4.69, 9.17) is 13.9 Å². The molecule has 5 heteroatoms. The van der Waals surface area contributed by atoms with E-state index in [-0.39, 0.29) is 5.91 Å². The topological polar surface area (TPSA) is 60.7 Å². The molecule has 1 heterocycles. The Kier molecular flexibility index (Phi) is 4.87. The van der Waals surface area contributed by atoms with Gasteiger partial charge in [0, 0.05) is 6.54 Å². The van der Waals surface area contributed by atoms with Gasteiger partial charge in [0.15, 0.2) is 11.5 Å². The number of hydrogen-bond donors (Lipinski definition) is 1. The van der Waals surface area contributed by atoms with Gasteiger partial charge in [-0.05, 0) is 37.1 Å². The first-order valence-corrected chi connectivity index (χ1v) is 6.69. The third-order valence-electron chi connectivity index (χ3n) is 3.25. The fourth-order valence-corrected chi connectivity index (χ4v) is 2.07. The van der Waals surface area contributed by atoms with Gasteiger partial charge >= 0.3 is 0 Å². The fourth-order valence-electron chi connectivity index (χ4n) is 2.07. The van der Waals surface area contributed by atoms with E-state index >= 15 is 0 Å². The molecule has 1 amide bonds. The van der Waals surface area contributed by atoms with E-state index in [1.807, 2.05) is 18.2 Å². The lowest BCUT2D eigenvalue weighted by molar-refractivity contribution is 0.0952. The normalized spacial score (nSPS) is 10.2. The van der Waals surface area contributed by atoms with Gasteiger partial charge in [0.1, 0.15) is 5.76 Å². The summed E-state index contributed by atoms with van der Waals surface area (Å²) in [5.74, 6) is 1.88. The van der Waals surface area contributed by atoms with Crippen molar-refractivity contribution >= 4 is 5.91 Å². The molecule has 0 bridgehead atoms. The Balaban J connectivity index is 1.92. The van der Waals surface area contributed by atoms with Crippen LogP contribution in [0.15, 0.2) is 34.9 Å². The molecule has 0 aliphatic heterocycles. The zero-order valence-electron chi connectivity index (χ0n) is 12.4. The molecule has 1 N–H and O–H groups in total.